The molecule has 0 aromatic heterocycles. The van der Waals surface area contributed by atoms with Gasteiger partial charge in [0.05, 0.1) is 18.4 Å². The largest absolute Gasteiger partial charge is 0.377 e. The van der Waals surface area contributed by atoms with E-state index in [-0.39, 0.29) is 42.4 Å². The van der Waals surface area contributed by atoms with Gasteiger partial charge in [-0.2, -0.15) is 0 Å². The Morgan fingerprint density at radius 1 is 1.25 bits per heavy atom. The van der Waals surface area contributed by atoms with E-state index in [1.54, 1.807) is 0 Å². The summed E-state index contributed by atoms with van der Waals surface area (Å²) in [4.78, 5) is 6.65. The predicted octanol–water partition coefficient (Wildman–Crippen LogP) is 1.15. The van der Waals surface area contributed by atoms with Crippen LogP contribution in [-0.4, -0.2) is 70.5 Å². The SMILES string of the molecule is CCNC(=NCCS(=O)(=O)NCC1CCCCO1)N1CCCC1.I. The van der Waals surface area contributed by atoms with E-state index >= 15 is 0 Å². The van der Waals surface area contributed by atoms with Crippen molar-refractivity contribution in [1.29, 1.82) is 0 Å². The van der Waals surface area contributed by atoms with Crippen LogP contribution in [-0.2, 0) is 14.8 Å². The van der Waals surface area contributed by atoms with Gasteiger partial charge in [-0.1, -0.05) is 0 Å². The molecule has 2 rings (SSSR count). The number of halogens is 1. The lowest BCUT2D eigenvalue weighted by Gasteiger charge is -2.22. The lowest BCUT2D eigenvalue weighted by Crippen LogP contribution is -2.40. The fraction of sp³-hybridized carbons (Fsp3) is 0.933. The van der Waals surface area contributed by atoms with E-state index < -0.39 is 10.0 Å². The third kappa shape index (κ3) is 7.83. The fourth-order valence-electron chi connectivity index (χ4n) is 2.89. The molecule has 0 aliphatic carbocycles. The van der Waals surface area contributed by atoms with Crippen LogP contribution >= 0.6 is 24.0 Å². The Balaban J connectivity index is 0.00000288. The van der Waals surface area contributed by atoms with E-state index in [9.17, 15) is 8.42 Å². The van der Waals surface area contributed by atoms with Gasteiger partial charge in [-0.3, -0.25) is 4.99 Å². The van der Waals surface area contributed by atoms with Gasteiger partial charge in [0.1, 0.15) is 0 Å². The third-order valence-corrected chi connectivity index (χ3v) is 5.49. The van der Waals surface area contributed by atoms with Gasteiger partial charge in [0, 0.05) is 32.8 Å². The summed E-state index contributed by atoms with van der Waals surface area (Å²) in [5.41, 5.74) is 0. The van der Waals surface area contributed by atoms with Crippen LogP contribution in [0.15, 0.2) is 4.99 Å². The Kier molecular flexibility index (Phi) is 10.5. The first kappa shape index (κ1) is 21.9. The minimum absolute atomic E-state index is 0. The van der Waals surface area contributed by atoms with Gasteiger partial charge in [-0.25, -0.2) is 13.1 Å². The van der Waals surface area contributed by atoms with E-state index in [0.717, 1.165) is 51.5 Å². The van der Waals surface area contributed by atoms with Crippen LogP contribution in [0.5, 0.6) is 0 Å². The molecule has 1 unspecified atom stereocenters. The van der Waals surface area contributed by atoms with Crippen molar-refractivity contribution >= 4 is 40.0 Å². The Labute approximate surface area is 163 Å². The highest BCUT2D eigenvalue weighted by Crippen LogP contribution is 2.12. The lowest BCUT2D eigenvalue weighted by molar-refractivity contribution is 0.0200. The number of ether oxygens (including phenoxy) is 1. The van der Waals surface area contributed by atoms with E-state index in [4.69, 9.17) is 4.74 Å². The minimum Gasteiger partial charge on any atom is -0.377 e. The van der Waals surface area contributed by atoms with Crippen molar-refractivity contribution < 1.29 is 13.2 Å². The lowest BCUT2D eigenvalue weighted by atomic mass is 10.1. The minimum atomic E-state index is -3.30. The number of aliphatic imine (C=N–C) groups is 1. The first-order valence-electron chi connectivity index (χ1n) is 8.73. The van der Waals surface area contributed by atoms with Crippen molar-refractivity contribution in [3.8, 4) is 0 Å². The molecule has 2 N–H and O–H groups in total. The van der Waals surface area contributed by atoms with Crippen LogP contribution in [0.2, 0.25) is 0 Å². The Bertz CT molecular complexity index is 475. The zero-order chi connectivity index (χ0) is 16.5. The van der Waals surface area contributed by atoms with Gasteiger partial charge in [0.25, 0.3) is 0 Å². The van der Waals surface area contributed by atoms with Crippen LogP contribution in [0.3, 0.4) is 0 Å². The summed E-state index contributed by atoms with van der Waals surface area (Å²) >= 11 is 0. The summed E-state index contributed by atoms with van der Waals surface area (Å²) in [7, 11) is -3.30. The molecule has 0 amide bonds. The third-order valence-electron chi connectivity index (χ3n) is 4.17. The quantitative estimate of drug-likeness (QED) is 0.329. The summed E-state index contributed by atoms with van der Waals surface area (Å²) < 4.78 is 32.3. The number of sulfonamides is 1. The highest BCUT2D eigenvalue weighted by atomic mass is 127. The van der Waals surface area contributed by atoms with Gasteiger partial charge < -0.3 is 15.0 Å². The van der Waals surface area contributed by atoms with Crippen molar-refractivity contribution in [1.82, 2.24) is 14.9 Å². The normalized spacial score (nSPS) is 22.3. The molecule has 0 aromatic rings. The van der Waals surface area contributed by atoms with Crippen LogP contribution in [0.1, 0.15) is 39.0 Å². The summed E-state index contributed by atoms with van der Waals surface area (Å²) in [6.07, 6.45) is 5.47. The van der Waals surface area contributed by atoms with Gasteiger partial charge in [-0.05, 0) is 39.0 Å². The molecular weight excluding hydrogens is 443 g/mol. The molecule has 0 radical (unpaired) electrons. The molecule has 0 aromatic carbocycles. The molecule has 0 spiro atoms. The van der Waals surface area contributed by atoms with Crippen molar-refractivity contribution in [2.45, 2.75) is 45.1 Å². The van der Waals surface area contributed by atoms with Crippen molar-refractivity contribution in [2.75, 3.05) is 45.1 Å². The second-order valence-corrected chi connectivity index (χ2v) is 8.01. The smallest absolute Gasteiger partial charge is 0.213 e. The zero-order valence-electron chi connectivity index (χ0n) is 14.5. The monoisotopic (exact) mass is 474 g/mol. The first-order chi connectivity index (χ1) is 11.1. The number of guanidine groups is 1. The Morgan fingerprint density at radius 3 is 2.62 bits per heavy atom. The van der Waals surface area contributed by atoms with Crippen LogP contribution in [0, 0.1) is 0 Å². The number of nitrogens with one attached hydrogen (secondary N) is 2. The van der Waals surface area contributed by atoms with Gasteiger partial charge in [0.2, 0.25) is 10.0 Å². The average molecular weight is 474 g/mol. The van der Waals surface area contributed by atoms with E-state index in [1.807, 2.05) is 6.92 Å². The predicted molar refractivity (Wildman–Crippen MR) is 108 cm³/mol. The molecule has 0 saturated carbocycles. The second-order valence-electron chi connectivity index (χ2n) is 6.09. The molecule has 2 fully saturated rings. The van der Waals surface area contributed by atoms with Gasteiger partial charge >= 0.3 is 0 Å². The second kappa shape index (κ2) is 11.5. The van der Waals surface area contributed by atoms with Gasteiger partial charge in [-0.15, -0.1) is 24.0 Å². The summed E-state index contributed by atoms with van der Waals surface area (Å²) in [5.74, 6) is 0.846. The molecule has 142 valence electrons. The molecule has 2 aliphatic rings. The summed E-state index contributed by atoms with van der Waals surface area (Å²) in [6.45, 7) is 6.19. The van der Waals surface area contributed by atoms with Crippen LogP contribution in [0.4, 0.5) is 0 Å². The molecule has 7 nitrogen and oxygen atoms in total. The van der Waals surface area contributed by atoms with Crippen LogP contribution in [0.25, 0.3) is 0 Å². The van der Waals surface area contributed by atoms with E-state index in [2.05, 4.69) is 19.9 Å². The Morgan fingerprint density at radius 2 is 2.00 bits per heavy atom. The maximum atomic E-state index is 12.1. The molecule has 2 saturated heterocycles. The molecule has 0 bridgehead atoms. The molecule has 1 atom stereocenters. The first-order valence-corrected chi connectivity index (χ1v) is 10.4. The Hall–Kier alpha value is -0.130. The molecule has 2 aliphatic heterocycles. The summed E-state index contributed by atoms with van der Waals surface area (Å²) in [5, 5.41) is 3.24. The standard InChI is InChI=1S/C15H30N4O3S.HI/c1-2-16-15(19-9-4-5-10-19)17-8-12-23(20,21)18-13-14-7-3-6-11-22-14;/h14,18H,2-13H2,1H3,(H,16,17);1H. The molecule has 9 heteroatoms. The number of hydrogen-bond acceptors (Lipinski definition) is 4. The fourth-order valence-corrected chi connectivity index (χ4v) is 3.80. The average Bonchev–Trinajstić information content (AvgIpc) is 3.07. The zero-order valence-corrected chi connectivity index (χ0v) is 17.6. The molecule has 24 heavy (non-hydrogen) atoms. The number of rotatable bonds is 7. The van der Waals surface area contributed by atoms with E-state index in [1.165, 1.54) is 12.8 Å². The molecular formula is C15H31IN4O3S. The van der Waals surface area contributed by atoms with E-state index in [0.29, 0.717) is 6.54 Å². The highest BCUT2D eigenvalue weighted by Gasteiger charge is 2.18. The number of nitrogens with zero attached hydrogens (tertiary/aromatic N) is 2. The summed E-state index contributed by atoms with van der Waals surface area (Å²) in [6, 6.07) is 0. The van der Waals surface area contributed by atoms with Gasteiger partial charge in [0.15, 0.2) is 5.96 Å². The molecule has 2 heterocycles. The van der Waals surface area contributed by atoms with Crippen LogP contribution < -0.4 is 10.0 Å². The highest BCUT2D eigenvalue weighted by molar-refractivity contribution is 14.0. The number of hydrogen-bond donors (Lipinski definition) is 2. The van der Waals surface area contributed by atoms with Crippen molar-refractivity contribution in [2.24, 2.45) is 4.99 Å². The maximum Gasteiger partial charge on any atom is 0.213 e. The maximum absolute atomic E-state index is 12.1. The topological polar surface area (TPSA) is 83.0 Å². The number of likely N-dealkylation sites (tertiary alicyclic amines) is 1. The van der Waals surface area contributed by atoms with Crippen molar-refractivity contribution in [3.63, 3.8) is 0 Å². The van der Waals surface area contributed by atoms with Crippen molar-refractivity contribution in [3.05, 3.63) is 0 Å².